The van der Waals surface area contributed by atoms with E-state index < -0.39 is 11.9 Å². The third-order valence-corrected chi connectivity index (χ3v) is 4.67. The number of nitrogens with zero attached hydrogens (tertiary/aromatic N) is 1. The Kier molecular flexibility index (Phi) is 8.53. The molecule has 1 aliphatic heterocycles. The number of ether oxygens (including phenoxy) is 2. The number of anilines is 1. The normalized spacial score (nSPS) is 13.5. The summed E-state index contributed by atoms with van der Waals surface area (Å²) in [6.07, 6.45) is 14.0. The zero-order chi connectivity index (χ0) is 20.4. The second-order valence-electron chi connectivity index (χ2n) is 6.65. The predicted octanol–water partition coefficient (Wildman–Crippen LogP) is 4.69. The molecule has 0 atom stereocenters. The van der Waals surface area contributed by atoms with Crippen molar-refractivity contribution in [3.05, 3.63) is 65.5 Å². The summed E-state index contributed by atoms with van der Waals surface area (Å²) in [5, 5.41) is 0. The van der Waals surface area contributed by atoms with Gasteiger partial charge in [0.1, 0.15) is 5.70 Å². The Labute approximate surface area is 167 Å². The fourth-order valence-electron chi connectivity index (χ4n) is 3.12. The number of unbranched alkanes of at least 4 members (excludes halogenated alkanes) is 4. The van der Waals surface area contributed by atoms with Gasteiger partial charge < -0.3 is 14.4 Å². The maximum atomic E-state index is 12.4. The van der Waals surface area contributed by atoms with Gasteiger partial charge in [-0.25, -0.2) is 9.59 Å². The van der Waals surface area contributed by atoms with Crippen molar-refractivity contribution in [3.63, 3.8) is 0 Å². The van der Waals surface area contributed by atoms with Crippen LogP contribution in [0.3, 0.4) is 0 Å². The maximum absolute atomic E-state index is 12.4. The van der Waals surface area contributed by atoms with Crippen molar-refractivity contribution in [1.29, 1.82) is 0 Å². The van der Waals surface area contributed by atoms with Crippen molar-refractivity contribution in [3.8, 4) is 0 Å². The molecule has 1 heterocycles. The summed E-state index contributed by atoms with van der Waals surface area (Å²) in [7, 11) is 2.58. The maximum Gasteiger partial charge on any atom is 0.355 e. The van der Waals surface area contributed by atoms with E-state index in [-0.39, 0.29) is 11.3 Å². The number of hydrogen-bond acceptors (Lipinski definition) is 5. The van der Waals surface area contributed by atoms with Crippen LogP contribution in [0.1, 0.15) is 44.6 Å². The Bertz CT molecular complexity index is 759. The van der Waals surface area contributed by atoms with E-state index >= 15 is 0 Å². The van der Waals surface area contributed by atoms with E-state index in [1.165, 1.54) is 51.9 Å². The van der Waals surface area contributed by atoms with Crippen LogP contribution in [0.15, 0.2) is 60.0 Å². The lowest BCUT2D eigenvalue weighted by Crippen LogP contribution is -2.26. The first kappa shape index (κ1) is 21.5. The van der Waals surface area contributed by atoms with Crippen LogP contribution >= 0.6 is 0 Å². The highest BCUT2D eigenvalue weighted by molar-refractivity contribution is 6.05. The molecule has 1 aromatic rings. The average molecular weight is 383 g/mol. The summed E-state index contributed by atoms with van der Waals surface area (Å²) in [4.78, 5) is 26.3. The smallest absolute Gasteiger partial charge is 0.355 e. The molecule has 0 fully saturated rings. The van der Waals surface area contributed by atoms with Gasteiger partial charge in [-0.2, -0.15) is 0 Å². The van der Waals surface area contributed by atoms with Crippen LogP contribution in [0.2, 0.25) is 0 Å². The Morgan fingerprint density at radius 3 is 2.21 bits per heavy atom. The number of esters is 2. The van der Waals surface area contributed by atoms with Crippen molar-refractivity contribution >= 4 is 17.6 Å². The van der Waals surface area contributed by atoms with Crippen LogP contribution in [-0.2, 0) is 25.5 Å². The van der Waals surface area contributed by atoms with Crippen molar-refractivity contribution in [2.45, 2.75) is 45.4 Å². The van der Waals surface area contributed by atoms with E-state index in [0.29, 0.717) is 0 Å². The lowest BCUT2D eigenvalue weighted by atomic mass is 10.0. The Balaban J connectivity index is 2.23. The summed E-state index contributed by atoms with van der Waals surface area (Å²) in [5.41, 5.74) is 2.32. The topological polar surface area (TPSA) is 55.8 Å². The third-order valence-electron chi connectivity index (χ3n) is 4.67. The largest absolute Gasteiger partial charge is 0.465 e. The average Bonchev–Trinajstić information content (AvgIpc) is 2.96. The van der Waals surface area contributed by atoms with Crippen LogP contribution in [0.4, 0.5) is 5.69 Å². The lowest BCUT2D eigenvalue weighted by Gasteiger charge is -2.23. The summed E-state index contributed by atoms with van der Waals surface area (Å²) in [6.45, 7) is 2.22. The molecule has 1 aromatic carbocycles. The van der Waals surface area contributed by atoms with Gasteiger partial charge in [0.15, 0.2) is 0 Å². The predicted molar refractivity (Wildman–Crippen MR) is 111 cm³/mol. The number of benzene rings is 1. The molecular weight excluding hydrogens is 354 g/mol. The zero-order valence-corrected chi connectivity index (χ0v) is 16.9. The molecule has 0 aromatic heterocycles. The zero-order valence-electron chi connectivity index (χ0n) is 16.9. The molecule has 0 bridgehead atoms. The SMILES string of the molecule is CCCCCCCc1ccc(N2C=CC=CC(C(=O)OC)=C2C(=O)OC)cc1. The van der Waals surface area contributed by atoms with Gasteiger partial charge in [-0.05, 0) is 42.7 Å². The molecular formula is C23H29NO4. The second-order valence-corrected chi connectivity index (χ2v) is 6.65. The third kappa shape index (κ3) is 5.59. The molecule has 28 heavy (non-hydrogen) atoms. The van der Waals surface area contributed by atoms with Crippen LogP contribution in [-0.4, -0.2) is 26.2 Å². The molecule has 0 radical (unpaired) electrons. The van der Waals surface area contributed by atoms with Crippen molar-refractivity contribution in [1.82, 2.24) is 0 Å². The van der Waals surface area contributed by atoms with Gasteiger partial charge in [0.05, 0.1) is 19.8 Å². The quantitative estimate of drug-likeness (QED) is 0.457. The van der Waals surface area contributed by atoms with Crippen molar-refractivity contribution in [2.75, 3.05) is 19.1 Å². The minimum atomic E-state index is -0.600. The minimum Gasteiger partial charge on any atom is -0.465 e. The number of carbonyl (C=O) groups is 2. The Morgan fingerprint density at radius 1 is 0.893 bits per heavy atom. The van der Waals surface area contributed by atoms with Crippen LogP contribution in [0.25, 0.3) is 0 Å². The fourth-order valence-corrected chi connectivity index (χ4v) is 3.12. The lowest BCUT2D eigenvalue weighted by molar-refractivity contribution is -0.139. The summed E-state index contributed by atoms with van der Waals surface area (Å²) in [5.74, 6) is -1.19. The van der Waals surface area contributed by atoms with Gasteiger partial charge in [-0.1, -0.05) is 50.8 Å². The van der Waals surface area contributed by atoms with Gasteiger partial charge in [-0.15, -0.1) is 0 Å². The second kappa shape index (κ2) is 11.1. The fraction of sp³-hybridized carbons (Fsp3) is 0.391. The first-order valence-electron chi connectivity index (χ1n) is 9.76. The Morgan fingerprint density at radius 2 is 1.57 bits per heavy atom. The van der Waals surface area contributed by atoms with Crippen LogP contribution in [0.5, 0.6) is 0 Å². The molecule has 5 heteroatoms. The molecule has 2 rings (SSSR count). The summed E-state index contributed by atoms with van der Waals surface area (Å²) in [6, 6.07) is 8.03. The van der Waals surface area contributed by atoms with Crippen molar-refractivity contribution in [2.24, 2.45) is 0 Å². The standard InChI is InChI=1S/C23H29NO4/c1-4-5-6-7-8-11-18-13-15-19(16-14-18)24-17-10-9-12-20(22(25)27-2)21(24)23(26)28-3/h9-10,12-17H,4-8,11H2,1-3H3. The van der Waals surface area contributed by atoms with E-state index in [1.807, 2.05) is 12.1 Å². The van der Waals surface area contributed by atoms with Gasteiger partial charge in [-0.3, -0.25) is 0 Å². The van der Waals surface area contributed by atoms with Crippen LogP contribution in [0, 0.1) is 0 Å². The van der Waals surface area contributed by atoms with E-state index in [2.05, 4.69) is 19.1 Å². The van der Waals surface area contributed by atoms with E-state index in [1.54, 1.807) is 29.3 Å². The van der Waals surface area contributed by atoms with Gasteiger partial charge in [0.2, 0.25) is 0 Å². The molecule has 0 spiro atoms. The van der Waals surface area contributed by atoms with Gasteiger partial charge >= 0.3 is 11.9 Å². The molecule has 0 aliphatic carbocycles. The molecule has 5 nitrogen and oxygen atoms in total. The summed E-state index contributed by atoms with van der Waals surface area (Å²) < 4.78 is 9.75. The Hall–Kier alpha value is -2.82. The highest BCUT2D eigenvalue weighted by Gasteiger charge is 2.27. The molecule has 0 amide bonds. The molecule has 0 N–H and O–H groups in total. The van der Waals surface area contributed by atoms with Crippen LogP contribution < -0.4 is 4.90 Å². The van der Waals surface area contributed by atoms with E-state index in [0.717, 1.165) is 12.1 Å². The number of carbonyl (C=O) groups excluding carboxylic acids is 2. The molecule has 0 unspecified atom stereocenters. The summed E-state index contributed by atoms with van der Waals surface area (Å²) >= 11 is 0. The molecule has 0 saturated carbocycles. The number of allylic oxidation sites excluding steroid dienone is 2. The molecule has 1 aliphatic rings. The van der Waals surface area contributed by atoms with Gasteiger partial charge in [0.25, 0.3) is 0 Å². The monoisotopic (exact) mass is 383 g/mol. The minimum absolute atomic E-state index is 0.131. The highest BCUT2D eigenvalue weighted by atomic mass is 16.5. The van der Waals surface area contributed by atoms with Gasteiger partial charge in [0, 0.05) is 11.9 Å². The number of hydrogen-bond donors (Lipinski definition) is 0. The first-order valence-corrected chi connectivity index (χ1v) is 9.76. The number of aryl methyl sites for hydroxylation is 1. The number of rotatable bonds is 9. The first-order chi connectivity index (χ1) is 13.6. The number of methoxy groups -OCH3 is 2. The van der Waals surface area contributed by atoms with E-state index in [9.17, 15) is 9.59 Å². The van der Waals surface area contributed by atoms with Crippen molar-refractivity contribution < 1.29 is 19.1 Å². The molecule has 150 valence electrons. The van der Waals surface area contributed by atoms with E-state index in [4.69, 9.17) is 9.47 Å². The molecule has 0 saturated heterocycles. The highest BCUT2D eigenvalue weighted by Crippen LogP contribution is 2.27.